The molecule has 2 N–H and O–H groups in total. The van der Waals surface area contributed by atoms with Crippen LogP contribution in [0.25, 0.3) is 0 Å². The van der Waals surface area contributed by atoms with E-state index in [9.17, 15) is 18.0 Å². The van der Waals surface area contributed by atoms with Gasteiger partial charge < -0.3 is 9.73 Å². The van der Waals surface area contributed by atoms with E-state index in [1.807, 2.05) is 0 Å². The maximum absolute atomic E-state index is 12.6. The van der Waals surface area contributed by atoms with Crippen LogP contribution in [0, 0.1) is 0 Å². The van der Waals surface area contributed by atoms with Gasteiger partial charge in [0, 0.05) is 18.7 Å². The minimum atomic E-state index is -3.59. The fraction of sp³-hybridized carbons (Fsp3) is 0.300. The molecule has 0 aliphatic heterocycles. The average molecular weight is 510 g/mol. The summed E-state index contributed by atoms with van der Waals surface area (Å²) in [4.78, 5) is 24.5. The van der Waals surface area contributed by atoms with Crippen LogP contribution in [-0.4, -0.2) is 53.6 Å². The molecular weight excluding hydrogens is 486 g/mol. The first-order valence-electron chi connectivity index (χ1n) is 10.0. The fourth-order valence-corrected chi connectivity index (χ4v) is 5.79. The Morgan fingerprint density at radius 3 is 2.48 bits per heavy atom. The highest BCUT2D eigenvalue weighted by atomic mass is 32.2. The largest absolute Gasteiger partial charge is 0.467 e. The number of amides is 2. The highest BCUT2D eigenvalue weighted by Crippen LogP contribution is 2.26. The first kappa shape index (κ1) is 24.9. The van der Waals surface area contributed by atoms with Crippen LogP contribution < -0.4 is 10.6 Å². The molecule has 3 aromatic rings. The molecule has 33 heavy (non-hydrogen) atoms. The number of carbonyl (C=O) groups excluding carboxylic acids is 2. The number of thioether (sulfide) groups is 1. The lowest BCUT2D eigenvalue weighted by molar-refractivity contribution is -0.118. The number of carbonyl (C=O) groups is 2. The van der Waals surface area contributed by atoms with Gasteiger partial charge in [-0.15, -0.1) is 10.2 Å². The summed E-state index contributed by atoms with van der Waals surface area (Å²) in [5, 5.41) is 13.5. The minimum Gasteiger partial charge on any atom is -0.467 e. The summed E-state index contributed by atoms with van der Waals surface area (Å²) in [6.07, 6.45) is 1.54. The Morgan fingerprint density at radius 1 is 1.12 bits per heavy atom. The molecule has 0 spiro atoms. The molecule has 176 valence electrons. The molecular formula is C20H23N5O5S3. The first-order chi connectivity index (χ1) is 15.8. The second kappa shape index (κ2) is 11.4. The quantitative estimate of drug-likeness (QED) is 0.298. The van der Waals surface area contributed by atoms with Crippen molar-refractivity contribution in [2.24, 2.45) is 0 Å². The smallest absolute Gasteiger partial charge is 0.257 e. The molecule has 0 saturated carbocycles. The summed E-state index contributed by atoms with van der Waals surface area (Å²) in [6.45, 7) is 4.57. The van der Waals surface area contributed by atoms with Crippen molar-refractivity contribution >= 4 is 50.1 Å². The molecule has 13 heteroatoms. The van der Waals surface area contributed by atoms with Gasteiger partial charge >= 0.3 is 0 Å². The van der Waals surface area contributed by atoms with E-state index in [2.05, 4.69) is 20.8 Å². The van der Waals surface area contributed by atoms with Crippen LogP contribution in [0.4, 0.5) is 5.13 Å². The maximum atomic E-state index is 12.6. The van der Waals surface area contributed by atoms with Crippen LogP contribution in [0.3, 0.4) is 0 Å². The molecule has 0 aliphatic rings. The Labute approximate surface area is 199 Å². The van der Waals surface area contributed by atoms with E-state index >= 15 is 0 Å². The Morgan fingerprint density at radius 2 is 1.85 bits per heavy atom. The van der Waals surface area contributed by atoms with Crippen molar-refractivity contribution in [3.63, 3.8) is 0 Å². The van der Waals surface area contributed by atoms with Crippen molar-refractivity contribution in [1.29, 1.82) is 0 Å². The van der Waals surface area contributed by atoms with Crippen LogP contribution in [0.2, 0.25) is 0 Å². The Balaban J connectivity index is 1.52. The summed E-state index contributed by atoms with van der Waals surface area (Å²) in [6, 6.07) is 9.23. The third-order valence-corrected chi connectivity index (χ3v) is 8.49. The minimum absolute atomic E-state index is 0.127. The van der Waals surface area contributed by atoms with Crippen molar-refractivity contribution in [3.05, 3.63) is 54.0 Å². The second-order valence-corrected chi connectivity index (χ2v) is 10.7. The van der Waals surface area contributed by atoms with E-state index in [0.717, 1.165) is 11.3 Å². The van der Waals surface area contributed by atoms with Crippen LogP contribution in [0.5, 0.6) is 0 Å². The summed E-state index contributed by atoms with van der Waals surface area (Å²) in [5.41, 5.74) is 0.287. The van der Waals surface area contributed by atoms with Crippen LogP contribution >= 0.6 is 23.1 Å². The number of hydrogen-bond donors (Lipinski definition) is 2. The van der Waals surface area contributed by atoms with Crippen LogP contribution in [0.15, 0.2) is 56.3 Å². The molecule has 10 nitrogen and oxygen atoms in total. The normalized spacial score (nSPS) is 11.5. The van der Waals surface area contributed by atoms with E-state index in [4.69, 9.17) is 4.42 Å². The Hall–Kier alpha value is -2.74. The fourth-order valence-electron chi connectivity index (χ4n) is 2.76. The van der Waals surface area contributed by atoms with Gasteiger partial charge in [-0.05, 0) is 36.4 Å². The average Bonchev–Trinajstić information content (AvgIpc) is 3.49. The lowest BCUT2D eigenvalue weighted by Crippen LogP contribution is -2.30. The van der Waals surface area contributed by atoms with E-state index < -0.39 is 15.9 Å². The van der Waals surface area contributed by atoms with E-state index in [1.165, 1.54) is 46.6 Å². The van der Waals surface area contributed by atoms with Gasteiger partial charge in [0.25, 0.3) is 5.91 Å². The third kappa shape index (κ3) is 6.63. The highest BCUT2D eigenvalue weighted by molar-refractivity contribution is 8.01. The zero-order chi connectivity index (χ0) is 23.8. The molecule has 3 rings (SSSR count). The van der Waals surface area contributed by atoms with Gasteiger partial charge in [0.1, 0.15) is 5.76 Å². The molecule has 0 bridgehead atoms. The van der Waals surface area contributed by atoms with Crippen LogP contribution in [-0.2, 0) is 21.4 Å². The number of nitrogens with one attached hydrogen (secondary N) is 2. The molecule has 0 unspecified atom stereocenters. The molecule has 2 aromatic heterocycles. The molecule has 0 saturated heterocycles. The molecule has 1 aromatic carbocycles. The first-order valence-corrected chi connectivity index (χ1v) is 13.2. The van der Waals surface area contributed by atoms with E-state index in [-0.39, 0.29) is 27.3 Å². The van der Waals surface area contributed by atoms with Crippen molar-refractivity contribution in [3.8, 4) is 0 Å². The molecule has 0 radical (unpaired) electrons. The number of furan rings is 1. The van der Waals surface area contributed by atoms with Gasteiger partial charge in [0.05, 0.1) is 23.5 Å². The Kier molecular flexibility index (Phi) is 8.61. The molecule has 0 fully saturated rings. The van der Waals surface area contributed by atoms with E-state index in [0.29, 0.717) is 29.7 Å². The summed E-state index contributed by atoms with van der Waals surface area (Å²) in [7, 11) is -3.59. The van der Waals surface area contributed by atoms with Gasteiger partial charge in [-0.25, -0.2) is 8.42 Å². The summed E-state index contributed by atoms with van der Waals surface area (Å²) < 4.78 is 32.1. The lowest BCUT2D eigenvalue weighted by atomic mass is 10.2. The monoisotopic (exact) mass is 509 g/mol. The van der Waals surface area contributed by atoms with Gasteiger partial charge in [-0.1, -0.05) is 36.9 Å². The predicted molar refractivity (Wildman–Crippen MR) is 126 cm³/mol. The van der Waals surface area contributed by atoms with Gasteiger partial charge in [0.2, 0.25) is 21.1 Å². The third-order valence-electron chi connectivity index (χ3n) is 4.45. The van der Waals surface area contributed by atoms with Gasteiger partial charge in [0.15, 0.2) is 4.34 Å². The molecule has 2 amide bonds. The number of benzene rings is 1. The van der Waals surface area contributed by atoms with E-state index in [1.54, 1.807) is 26.0 Å². The molecule has 2 heterocycles. The van der Waals surface area contributed by atoms with Crippen LogP contribution in [0.1, 0.15) is 30.0 Å². The summed E-state index contributed by atoms with van der Waals surface area (Å²) in [5.74, 6) is 0.182. The van der Waals surface area contributed by atoms with Crippen molar-refractivity contribution in [2.75, 3.05) is 24.2 Å². The molecule has 0 aliphatic carbocycles. The standard InChI is InChI=1S/C20H23N5O5S3/c1-3-25(4-2)33(28,29)16-9-7-14(8-10-16)18(27)22-19-23-24-20(32-19)31-13-17(26)21-12-15-6-5-11-30-15/h5-11H,3-4,12-13H2,1-2H3,(H,21,26)(H,22,23,27). The molecule has 0 atom stereocenters. The van der Waals surface area contributed by atoms with Crippen molar-refractivity contribution in [2.45, 2.75) is 29.6 Å². The van der Waals surface area contributed by atoms with Gasteiger partial charge in [-0.3, -0.25) is 14.9 Å². The summed E-state index contributed by atoms with van der Waals surface area (Å²) >= 11 is 2.34. The SMILES string of the molecule is CCN(CC)S(=O)(=O)c1ccc(C(=O)Nc2nnc(SCC(=O)NCc3ccco3)s2)cc1. The lowest BCUT2D eigenvalue weighted by Gasteiger charge is -2.18. The number of sulfonamides is 1. The predicted octanol–water partition coefficient (Wildman–Crippen LogP) is 2.82. The number of anilines is 1. The number of hydrogen-bond acceptors (Lipinski definition) is 9. The number of rotatable bonds is 11. The van der Waals surface area contributed by atoms with Gasteiger partial charge in [-0.2, -0.15) is 4.31 Å². The topological polar surface area (TPSA) is 134 Å². The number of aromatic nitrogens is 2. The van der Waals surface area contributed by atoms with Crippen molar-refractivity contribution < 1.29 is 22.4 Å². The maximum Gasteiger partial charge on any atom is 0.257 e. The highest BCUT2D eigenvalue weighted by Gasteiger charge is 2.22. The second-order valence-electron chi connectivity index (χ2n) is 6.59. The zero-order valence-corrected chi connectivity index (χ0v) is 20.4. The Bertz CT molecular complexity index is 1170. The van der Waals surface area contributed by atoms with Crippen molar-refractivity contribution in [1.82, 2.24) is 19.8 Å². The zero-order valence-electron chi connectivity index (χ0n) is 18.0. The number of nitrogens with zero attached hydrogens (tertiary/aromatic N) is 3.